The third-order valence-electron chi connectivity index (χ3n) is 4.01. The molecule has 0 atom stereocenters. The first-order chi connectivity index (χ1) is 12.5. The minimum absolute atomic E-state index is 0. The van der Waals surface area contributed by atoms with Gasteiger partial charge < -0.3 is 19.5 Å². The van der Waals surface area contributed by atoms with Gasteiger partial charge >= 0.3 is 0 Å². The van der Waals surface area contributed by atoms with Crippen molar-refractivity contribution in [1.29, 1.82) is 0 Å². The third-order valence-corrected chi connectivity index (χ3v) is 4.01. The number of likely N-dealkylation sites (N-methyl/N-ethyl adjacent to an activating group) is 1. The van der Waals surface area contributed by atoms with Crippen molar-refractivity contribution in [2.75, 3.05) is 33.3 Å². The van der Waals surface area contributed by atoms with Crippen LogP contribution in [0.2, 0.25) is 0 Å². The van der Waals surface area contributed by atoms with E-state index >= 15 is 0 Å². The highest BCUT2D eigenvalue weighted by Crippen LogP contribution is 2.13. The molecule has 150 valence electrons. The number of halogens is 2. The Hall–Kier alpha value is -1.84. The maximum Gasteiger partial charge on any atom is 0.193 e. The van der Waals surface area contributed by atoms with Gasteiger partial charge in [-0.2, -0.15) is 0 Å². The second kappa shape index (κ2) is 11.8. The van der Waals surface area contributed by atoms with E-state index in [1.54, 1.807) is 12.1 Å². The molecule has 0 bridgehead atoms. The summed E-state index contributed by atoms with van der Waals surface area (Å²) in [5.74, 6) is 2.06. The molecule has 8 heteroatoms. The van der Waals surface area contributed by atoms with Gasteiger partial charge in [-0.25, -0.2) is 4.39 Å². The molecular formula is C19H28FIN4O2. The lowest BCUT2D eigenvalue weighted by molar-refractivity contribution is 0.281. The standard InChI is InChI=1S/C19H27FN4O2.HI/c1-5-21-19(22-11-10-18-14(2)23-26-15(18)3)24(4)12-13-25-17-8-6-16(20)7-9-17;/h6-9H,5,10-13H2,1-4H3,(H,21,22);1H. The minimum Gasteiger partial charge on any atom is -0.492 e. The predicted octanol–water partition coefficient (Wildman–Crippen LogP) is 3.57. The normalized spacial score (nSPS) is 11.1. The minimum atomic E-state index is -0.269. The number of hydrogen-bond acceptors (Lipinski definition) is 4. The van der Waals surface area contributed by atoms with Crippen molar-refractivity contribution in [3.63, 3.8) is 0 Å². The predicted molar refractivity (Wildman–Crippen MR) is 116 cm³/mol. The summed E-state index contributed by atoms with van der Waals surface area (Å²) in [6.07, 6.45) is 0.788. The molecule has 0 saturated heterocycles. The Bertz CT molecular complexity index is 699. The molecule has 27 heavy (non-hydrogen) atoms. The van der Waals surface area contributed by atoms with E-state index in [2.05, 4.69) is 15.5 Å². The quantitative estimate of drug-likeness (QED) is 0.349. The van der Waals surface area contributed by atoms with Crippen LogP contribution in [0.4, 0.5) is 4.39 Å². The van der Waals surface area contributed by atoms with Gasteiger partial charge in [-0.3, -0.25) is 4.99 Å². The fraction of sp³-hybridized carbons (Fsp3) is 0.474. The highest BCUT2D eigenvalue weighted by atomic mass is 127. The molecule has 2 aromatic rings. The van der Waals surface area contributed by atoms with Gasteiger partial charge in [0.25, 0.3) is 0 Å². The number of aryl methyl sites for hydroxylation is 2. The number of nitrogens with one attached hydrogen (secondary N) is 1. The lowest BCUT2D eigenvalue weighted by atomic mass is 10.1. The van der Waals surface area contributed by atoms with Gasteiger partial charge in [0.1, 0.15) is 23.9 Å². The number of rotatable bonds is 8. The molecular weight excluding hydrogens is 462 g/mol. The Kier molecular flexibility index (Phi) is 10.1. The molecule has 0 radical (unpaired) electrons. The number of hydrogen-bond donors (Lipinski definition) is 1. The smallest absolute Gasteiger partial charge is 0.193 e. The molecule has 2 rings (SSSR count). The first kappa shape index (κ1) is 23.2. The van der Waals surface area contributed by atoms with E-state index in [0.717, 1.165) is 35.9 Å². The number of ether oxygens (including phenoxy) is 1. The summed E-state index contributed by atoms with van der Waals surface area (Å²) < 4.78 is 23.7. The Morgan fingerprint density at radius 2 is 2.00 bits per heavy atom. The lowest BCUT2D eigenvalue weighted by Crippen LogP contribution is -2.41. The van der Waals surface area contributed by atoms with Gasteiger partial charge in [0.15, 0.2) is 5.96 Å². The molecule has 0 aliphatic carbocycles. The van der Waals surface area contributed by atoms with E-state index in [9.17, 15) is 4.39 Å². The molecule has 0 saturated carbocycles. The van der Waals surface area contributed by atoms with Gasteiger partial charge in [0, 0.05) is 25.7 Å². The number of benzene rings is 1. The van der Waals surface area contributed by atoms with E-state index < -0.39 is 0 Å². The van der Waals surface area contributed by atoms with Crippen LogP contribution in [0.1, 0.15) is 23.9 Å². The van der Waals surface area contributed by atoms with Gasteiger partial charge in [-0.15, -0.1) is 24.0 Å². The summed E-state index contributed by atoms with van der Waals surface area (Å²) in [5.41, 5.74) is 2.04. The largest absolute Gasteiger partial charge is 0.492 e. The fourth-order valence-electron chi connectivity index (χ4n) is 2.54. The lowest BCUT2D eigenvalue weighted by Gasteiger charge is -2.22. The molecule has 1 N–H and O–H groups in total. The zero-order valence-corrected chi connectivity index (χ0v) is 18.6. The van der Waals surface area contributed by atoms with Crippen LogP contribution in [0, 0.1) is 19.7 Å². The molecule has 0 aliphatic rings. The monoisotopic (exact) mass is 490 g/mol. The maximum atomic E-state index is 12.9. The van der Waals surface area contributed by atoms with Crippen LogP contribution in [0.15, 0.2) is 33.8 Å². The number of aliphatic imine (C=N–C) groups is 1. The Balaban J connectivity index is 0.00000364. The van der Waals surface area contributed by atoms with Crippen molar-refractivity contribution in [2.45, 2.75) is 27.2 Å². The van der Waals surface area contributed by atoms with Crippen LogP contribution < -0.4 is 10.1 Å². The zero-order chi connectivity index (χ0) is 18.9. The zero-order valence-electron chi connectivity index (χ0n) is 16.3. The van der Waals surface area contributed by atoms with Gasteiger partial charge in [0.2, 0.25) is 0 Å². The summed E-state index contributed by atoms with van der Waals surface area (Å²) in [5, 5.41) is 7.25. The molecule has 0 aliphatic heterocycles. The summed E-state index contributed by atoms with van der Waals surface area (Å²) >= 11 is 0. The molecule has 0 spiro atoms. The van der Waals surface area contributed by atoms with Crippen molar-refractivity contribution >= 4 is 29.9 Å². The van der Waals surface area contributed by atoms with Crippen LogP contribution >= 0.6 is 24.0 Å². The van der Waals surface area contributed by atoms with Crippen molar-refractivity contribution in [1.82, 2.24) is 15.4 Å². The van der Waals surface area contributed by atoms with Crippen LogP contribution in [0.5, 0.6) is 5.75 Å². The molecule has 0 unspecified atom stereocenters. The SMILES string of the molecule is CCNC(=NCCc1c(C)noc1C)N(C)CCOc1ccc(F)cc1.I. The first-order valence-electron chi connectivity index (χ1n) is 8.80. The van der Waals surface area contributed by atoms with Crippen molar-refractivity contribution in [3.05, 3.63) is 47.1 Å². The van der Waals surface area contributed by atoms with Crippen molar-refractivity contribution in [3.8, 4) is 5.75 Å². The highest BCUT2D eigenvalue weighted by Gasteiger charge is 2.09. The number of nitrogens with zero attached hydrogens (tertiary/aromatic N) is 3. The van der Waals surface area contributed by atoms with E-state index in [1.165, 1.54) is 12.1 Å². The van der Waals surface area contributed by atoms with Gasteiger partial charge in [0.05, 0.1) is 12.2 Å². The Labute approximate surface area is 177 Å². The summed E-state index contributed by atoms with van der Waals surface area (Å²) in [6.45, 7) is 8.47. The van der Waals surface area contributed by atoms with Crippen LogP contribution in [-0.4, -0.2) is 49.3 Å². The molecule has 6 nitrogen and oxygen atoms in total. The maximum absolute atomic E-state index is 12.9. The highest BCUT2D eigenvalue weighted by molar-refractivity contribution is 14.0. The van der Waals surface area contributed by atoms with Crippen LogP contribution in [0.3, 0.4) is 0 Å². The summed E-state index contributed by atoms with van der Waals surface area (Å²) in [4.78, 5) is 6.68. The molecule has 0 amide bonds. The van der Waals surface area contributed by atoms with Crippen molar-refractivity contribution in [2.24, 2.45) is 4.99 Å². The molecule has 1 heterocycles. The van der Waals surface area contributed by atoms with Crippen LogP contribution in [0.25, 0.3) is 0 Å². The van der Waals surface area contributed by atoms with Crippen molar-refractivity contribution < 1.29 is 13.7 Å². The average Bonchev–Trinajstić information content (AvgIpc) is 2.94. The second-order valence-electron chi connectivity index (χ2n) is 6.01. The average molecular weight is 490 g/mol. The Morgan fingerprint density at radius 3 is 2.59 bits per heavy atom. The topological polar surface area (TPSA) is 62.9 Å². The van der Waals surface area contributed by atoms with E-state index in [1.807, 2.05) is 32.7 Å². The first-order valence-corrected chi connectivity index (χ1v) is 8.80. The Morgan fingerprint density at radius 1 is 1.30 bits per heavy atom. The van der Waals surface area contributed by atoms with Crippen LogP contribution in [-0.2, 0) is 6.42 Å². The molecule has 1 aromatic heterocycles. The second-order valence-corrected chi connectivity index (χ2v) is 6.01. The third kappa shape index (κ3) is 7.36. The van der Waals surface area contributed by atoms with E-state index in [4.69, 9.17) is 9.26 Å². The molecule has 1 aromatic carbocycles. The van der Waals surface area contributed by atoms with E-state index in [0.29, 0.717) is 25.4 Å². The summed E-state index contributed by atoms with van der Waals surface area (Å²) in [7, 11) is 1.96. The fourth-order valence-corrected chi connectivity index (χ4v) is 2.54. The molecule has 0 fully saturated rings. The van der Waals surface area contributed by atoms with E-state index in [-0.39, 0.29) is 29.8 Å². The summed E-state index contributed by atoms with van der Waals surface area (Å²) in [6, 6.07) is 6.02. The number of guanidine groups is 1. The van der Waals surface area contributed by atoms with Gasteiger partial charge in [-0.05, 0) is 51.5 Å². The number of aromatic nitrogens is 1. The van der Waals surface area contributed by atoms with Gasteiger partial charge in [-0.1, -0.05) is 5.16 Å².